The first-order valence-electron chi connectivity index (χ1n) is 7.51. The number of nitrogens with zero attached hydrogens (tertiary/aromatic N) is 1. The number of para-hydroxylation sites is 2. The predicted octanol–water partition coefficient (Wildman–Crippen LogP) is 3.49. The Morgan fingerprint density at radius 1 is 1.24 bits per heavy atom. The molecule has 0 unspecified atom stereocenters. The summed E-state index contributed by atoms with van der Waals surface area (Å²) in [5.41, 5.74) is 0.863. The summed E-state index contributed by atoms with van der Waals surface area (Å²) in [6.45, 7) is 2.11. The van der Waals surface area contributed by atoms with Gasteiger partial charge in [-0.2, -0.15) is 18.3 Å². The summed E-state index contributed by atoms with van der Waals surface area (Å²) < 4.78 is 46.7. The highest BCUT2D eigenvalue weighted by Gasteiger charge is 2.29. The molecule has 0 radical (unpaired) electrons. The molecule has 1 aromatic carbocycles. The third kappa shape index (κ3) is 6.02. The van der Waals surface area contributed by atoms with E-state index in [9.17, 15) is 18.0 Å². The Bertz CT molecular complexity index is 714. The molecule has 0 saturated carbocycles. The number of hydrogen-bond donors (Lipinski definition) is 2. The van der Waals surface area contributed by atoms with Gasteiger partial charge in [-0.15, -0.1) is 0 Å². The molecule has 0 aliphatic heterocycles. The molecule has 0 bridgehead atoms. The Balaban J connectivity index is 1.90. The third-order valence-electron chi connectivity index (χ3n) is 3.09. The topological polar surface area (TPSA) is 76.2 Å². The SMILES string of the molecule is CC(C)c1cc(NC(=O)COc2ccccc2OCC(F)(F)F)n[nH]1. The Kier molecular flexibility index (Phi) is 5.89. The van der Waals surface area contributed by atoms with Gasteiger partial charge in [0.1, 0.15) is 0 Å². The maximum atomic E-state index is 12.2. The molecule has 0 aliphatic rings. The second-order valence-electron chi connectivity index (χ2n) is 5.55. The van der Waals surface area contributed by atoms with Crippen molar-refractivity contribution < 1.29 is 27.4 Å². The van der Waals surface area contributed by atoms with Crippen LogP contribution < -0.4 is 14.8 Å². The zero-order chi connectivity index (χ0) is 18.4. The maximum absolute atomic E-state index is 12.2. The molecule has 1 aromatic heterocycles. The van der Waals surface area contributed by atoms with Crippen molar-refractivity contribution in [1.82, 2.24) is 10.2 Å². The normalized spacial score (nSPS) is 11.4. The number of carbonyl (C=O) groups excluding carboxylic acids is 1. The molecule has 9 heteroatoms. The van der Waals surface area contributed by atoms with Crippen molar-refractivity contribution in [3.8, 4) is 11.5 Å². The summed E-state index contributed by atoms with van der Waals surface area (Å²) in [5, 5.41) is 9.27. The summed E-state index contributed by atoms with van der Waals surface area (Å²) in [6, 6.07) is 7.53. The molecule has 0 aliphatic carbocycles. The summed E-state index contributed by atoms with van der Waals surface area (Å²) in [7, 11) is 0. The van der Waals surface area contributed by atoms with Crippen LogP contribution in [0, 0.1) is 0 Å². The minimum atomic E-state index is -4.46. The molecule has 136 valence electrons. The number of nitrogens with one attached hydrogen (secondary N) is 2. The number of alkyl halides is 3. The van der Waals surface area contributed by atoms with Crippen LogP contribution in [0.2, 0.25) is 0 Å². The number of benzene rings is 1. The van der Waals surface area contributed by atoms with Crippen LogP contribution in [0.25, 0.3) is 0 Å². The van der Waals surface area contributed by atoms with Crippen molar-refractivity contribution in [3.05, 3.63) is 36.0 Å². The van der Waals surface area contributed by atoms with Gasteiger partial charge >= 0.3 is 6.18 Å². The van der Waals surface area contributed by atoms with E-state index in [1.807, 2.05) is 13.8 Å². The first kappa shape index (κ1) is 18.6. The molecule has 1 heterocycles. The highest BCUT2D eigenvalue weighted by atomic mass is 19.4. The van der Waals surface area contributed by atoms with Gasteiger partial charge in [-0.3, -0.25) is 9.89 Å². The average Bonchev–Trinajstić information content (AvgIpc) is 2.99. The number of amides is 1. The number of aromatic amines is 1. The van der Waals surface area contributed by atoms with E-state index in [4.69, 9.17) is 4.74 Å². The second kappa shape index (κ2) is 7.91. The first-order valence-corrected chi connectivity index (χ1v) is 7.51. The average molecular weight is 357 g/mol. The standard InChI is InChI=1S/C16H18F3N3O3/c1-10(2)11-7-14(22-21-11)20-15(23)8-24-12-5-3-4-6-13(12)25-9-16(17,18)19/h3-7,10H,8-9H2,1-2H3,(H2,20,21,22,23). The summed E-state index contributed by atoms with van der Waals surface area (Å²) in [5.74, 6) is 0.0414. The molecule has 0 fully saturated rings. The molecule has 0 saturated heterocycles. The van der Waals surface area contributed by atoms with Crippen LogP contribution in [0.1, 0.15) is 25.5 Å². The van der Waals surface area contributed by atoms with Crippen LogP contribution in [0.4, 0.5) is 19.0 Å². The molecular weight excluding hydrogens is 339 g/mol. The third-order valence-corrected chi connectivity index (χ3v) is 3.09. The van der Waals surface area contributed by atoms with Gasteiger partial charge in [0.15, 0.2) is 30.5 Å². The molecule has 2 rings (SSSR count). The van der Waals surface area contributed by atoms with Crippen LogP contribution in [0.15, 0.2) is 30.3 Å². The number of aromatic nitrogens is 2. The predicted molar refractivity (Wildman–Crippen MR) is 84.8 cm³/mol. The lowest BCUT2D eigenvalue weighted by Crippen LogP contribution is -2.22. The molecular formula is C16H18F3N3O3. The van der Waals surface area contributed by atoms with Crippen molar-refractivity contribution in [1.29, 1.82) is 0 Å². The van der Waals surface area contributed by atoms with E-state index in [1.165, 1.54) is 18.2 Å². The minimum absolute atomic E-state index is 0.0480. The van der Waals surface area contributed by atoms with Crippen LogP contribution in [0.5, 0.6) is 11.5 Å². The van der Waals surface area contributed by atoms with Crippen LogP contribution in [-0.4, -0.2) is 35.5 Å². The fourth-order valence-electron chi connectivity index (χ4n) is 1.87. The van der Waals surface area contributed by atoms with Gasteiger partial charge in [0, 0.05) is 11.8 Å². The van der Waals surface area contributed by atoms with E-state index in [1.54, 1.807) is 12.1 Å². The van der Waals surface area contributed by atoms with Gasteiger partial charge in [-0.25, -0.2) is 0 Å². The Labute approximate surface area is 142 Å². The smallest absolute Gasteiger partial charge is 0.422 e. The number of carbonyl (C=O) groups is 1. The molecule has 6 nitrogen and oxygen atoms in total. The summed E-state index contributed by atoms with van der Waals surface area (Å²) >= 11 is 0. The van der Waals surface area contributed by atoms with E-state index >= 15 is 0 Å². The van der Waals surface area contributed by atoms with Crippen LogP contribution in [-0.2, 0) is 4.79 Å². The monoisotopic (exact) mass is 357 g/mol. The minimum Gasteiger partial charge on any atom is -0.480 e. The molecule has 0 atom stereocenters. The zero-order valence-corrected chi connectivity index (χ0v) is 13.7. The Morgan fingerprint density at radius 3 is 2.44 bits per heavy atom. The summed E-state index contributed by atoms with van der Waals surface area (Å²) in [6.07, 6.45) is -4.46. The first-order chi connectivity index (χ1) is 11.7. The van der Waals surface area contributed by atoms with Gasteiger partial charge in [0.05, 0.1) is 0 Å². The van der Waals surface area contributed by atoms with Gasteiger partial charge < -0.3 is 14.8 Å². The van der Waals surface area contributed by atoms with Crippen molar-refractivity contribution >= 4 is 11.7 Å². The summed E-state index contributed by atoms with van der Waals surface area (Å²) in [4.78, 5) is 11.9. The fraction of sp³-hybridized carbons (Fsp3) is 0.375. The highest BCUT2D eigenvalue weighted by Crippen LogP contribution is 2.28. The molecule has 25 heavy (non-hydrogen) atoms. The molecule has 2 aromatic rings. The van der Waals surface area contributed by atoms with Crippen molar-refractivity contribution in [2.45, 2.75) is 25.9 Å². The highest BCUT2D eigenvalue weighted by molar-refractivity contribution is 5.91. The maximum Gasteiger partial charge on any atom is 0.422 e. The van der Waals surface area contributed by atoms with Crippen molar-refractivity contribution in [2.24, 2.45) is 0 Å². The second-order valence-corrected chi connectivity index (χ2v) is 5.55. The number of anilines is 1. The number of H-pyrrole nitrogens is 1. The van der Waals surface area contributed by atoms with E-state index in [0.29, 0.717) is 5.82 Å². The largest absolute Gasteiger partial charge is 0.480 e. The number of hydrogen-bond acceptors (Lipinski definition) is 4. The van der Waals surface area contributed by atoms with Gasteiger partial charge in [0.2, 0.25) is 0 Å². The molecule has 1 amide bonds. The quantitative estimate of drug-likeness (QED) is 0.795. The zero-order valence-electron chi connectivity index (χ0n) is 13.7. The Morgan fingerprint density at radius 2 is 1.88 bits per heavy atom. The van der Waals surface area contributed by atoms with Gasteiger partial charge in [-0.05, 0) is 18.1 Å². The van der Waals surface area contributed by atoms with E-state index in [2.05, 4.69) is 20.3 Å². The molecule has 0 spiro atoms. The van der Waals surface area contributed by atoms with Gasteiger partial charge in [0.25, 0.3) is 5.91 Å². The lowest BCUT2D eigenvalue weighted by atomic mass is 10.1. The van der Waals surface area contributed by atoms with Crippen LogP contribution in [0.3, 0.4) is 0 Å². The van der Waals surface area contributed by atoms with E-state index in [0.717, 1.165) is 5.69 Å². The van der Waals surface area contributed by atoms with Gasteiger partial charge in [-0.1, -0.05) is 26.0 Å². The number of ether oxygens (including phenoxy) is 2. The number of halogens is 3. The molecule has 2 N–H and O–H groups in total. The van der Waals surface area contributed by atoms with E-state index in [-0.39, 0.29) is 17.4 Å². The lowest BCUT2D eigenvalue weighted by Gasteiger charge is -2.13. The van der Waals surface area contributed by atoms with Crippen molar-refractivity contribution in [2.75, 3.05) is 18.5 Å². The van der Waals surface area contributed by atoms with Crippen molar-refractivity contribution in [3.63, 3.8) is 0 Å². The van der Waals surface area contributed by atoms with Crippen LogP contribution >= 0.6 is 0 Å². The Hall–Kier alpha value is -2.71. The lowest BCUT2D eigenvalue weighted by molar-refractivity contribution is -0.153. The number of rotatable bonds is 7. The van der Waals surface area contributed by atoms with E-state index < -0.39 is 25.3 Å². The fourth-order valence-corrected chi connectivity index (χ4v) is 1.87.